The smallest absolute Gasteiger partial charge is 0.265 e. The van der Waals surface area contributed by atoms with Crippen molar-refractivity contribution in [2.75, 3.05) is 34.9 Å². The van der Waals surface area contributed by atoms with Crippen LogP contribution in [0.1, 0.15) is 82.0 Å². The first-order valence-electron chi connectivity index (χ1n) is 17.3. The zero-order chi connectivity index (χ0) is 36.3. The fourth-order valence-corrected chi connectivity index (χ4v) is 9.34. The van der Waals surface area contributed by atoms with Crippen LogP contribution in [0.3, 0.4) is 0 Å². The van der Waals surface area contributed by atoms with Gasteiger partial charge in [0.05, 0.1) is 19.8 Å². The number of nitrogens with zero attached hydrogens (tertiary/aromatic N) is 2. The van der Waals surface area contributed by atoms with Crippen LogP contribution in [-0.4, -0.2) is 75.6 Å². The van der Waals surface area contributed by atoms with Gasteiger partial charge in [0.2, 0.25) is 5.78 Å². The van der Waals surface area contributed by atoms with Gasteiger partial charge in [0.25, 0.3) is 5.88 Å². The van der Waals surface area contributed by atoms with Crippen LogP contribution in [0, 0.1) is 18.8 Å². The number of aliphatic hydroxyl groups excluding tert-OH is 1. The Morgan fingerprint density at radius 3 is 2.42 bits per heavy atom. The number of carbonyl (C=O) groups is 2. The van der Waals surface area contributed by atoms with Crippen LogP contribution in [0.5, 0.6) is 11.6 Å². The van der Waals surface area contributed by atoms with Crippen molar-refractivity contribution in [2.24, 2.45) is 11.8 Å². The summed E-state index contributed by atoms with van der Waals surface area (Å²) in [7, 11) is 4.27. The summed E-state index contributed by atoms with van der Waals surface area (Å²) in [6, 6.07) is 11.1. The fraction of sp³-hybridized carbons (Fsp3) is 0.513. The highest BCUT2D eigenvalue weighted by Gasteiger charge is 2.67. The van der Waals surface area contributed by atoms with E-state index in [1.54, 1.807) is 14.2 Å². The summed E-state index contributed by atoms with van der Waals surface area (Å²) in [6.45, 7) is 13.0. The summed E-state index contributed by atoms with van der Waals surface area (Å²) in [4.78, 5) is 32.2. The topological polar surface area (TPSA) is 121 Å². The van der Waals surface area contributed by atoms with Crippen LogP contribution < -0.4 is 9.47 Å². The van der Waals surface area contributed by atoms with E-state index in [2.05, 4.69) is 39.0 Å². The minimum Gasteiger partial charge on any atom is -0.508 e. The summed E-state index contributed by atoms with van der Waals surface area (Å²) in [5.41, 5.74) is 2.49. The average molecular weight is 703 g/mol. The first kappa shape index (κ1) is 36.0. The summed E-state index contributed by atoms with van der Waals surface area (Å²) in [5, 5.41) is 16.8. The Hall–Kier alpha value is -3.77. The second kappa shape index (κ2) is 13.1. The van der Waals surface area contributed by atoms with E-state index >= 15 is 4.79 Å². The Kier molecular flexibility index (Phi) is 9.43. The number of fused-ring (bicyclic) bond motifs is 4. The predicted octanol–water partition coefficient (Wildman–Crippen LogP) is 7.21. The molecule has 6 rings (SSSR count). The minimum absolute atomic E-state index is 0.0426. The minimum atomic E-state index is -2.82. The van der Waals surface area contributed by atoms with E-state index in [1.165, 1.54) is 0 Å². The van der Waals surface area contributed by atoms with E-state index in [0.29, 0.717) is 42.9 Å². The number of aliphatic hydroxyl groups is 1. The lowest BCUT2D eigenvalue weighted by Crippen LogP contribution is -2.65. The van der Waals surface area contributed by atoms with Gasteiger partial charge in [0, 0.05) is 29.7 Å². The number of ketones is 2. The van der Waals surface area contributed by atoms with Gasteiger partial charge in [0.15, 0.2) is 25.5 Å². The molecule has 3 aliphatic carbocycles. The van der Waals surface area contributed by atoms with Gasteiger partial charge in [-0.3, -0.25) is 14.5 Å². The monoisotopic (exact) mass is 702 g/mol. The van der Waals surface area contributed by atoms with E-state index in [-0.39, 0.29) is 46.1 Å². The van der Waals surface area contributed by atoms with Crippen LogP contribution in [0.25, 0.3) is 0 Å². The van der Waals surface area contributed by atoms with E-state index in [0.717, 1.165) is 22.3 Å². The third-order valence-electron chi connectivity index (χ3n) is 11.5. The molecule has 3 aliphatic rings. The number of hydrogen-bond donors (Lipinski definition) is 1. The highest BCUT2D eigenvalue weighted by molar-refractivity contribution is 6.74. The largest absolute Gasteiger partial charge is 0.508 e. The molecular formula is C39H50N2O8Si. The van der Waals surface area contributed by atoms with E-state index < -0.39 is 31.7 Å². The molecule has 3 aromatic rings. The van der Waals surface area contributed by atoms with Crippen LogP contribution in [0.15, 0.2) is 52.3 Å². The molecule has 10 nitrogen and oxygen atoms in total. The molecule has 0 fully saturated rings. The molecule has 1 N–H and O–H groups in total. The van der Waals surface area contributed by atoms with Crippen molar-refractivity contribution in [1.82, 2.24) is 10.1 Å². The Balaban J connectivity index is 1.58. The van der Waals surface area contributed by atoms with Crippen LogP contribution in [0.2, 0.25) is 18.1 Å². The molecule has 0 saturated heterocycles. The quantitative estimate of drug-likeness (QED) is 0.217. The molecule has 50 heavy (non-hydrogen) atoms. The molecule has 0 aliphatic heterocycles. The molecule has 0 saturated carbocycles. The zero-order valence-electron chi connectivity index (χ0n) is 30.9. The molecule has 2 aromatic carbocycles. The Labute approximate surface area is 295 Å². The first-order chi connectivity index (χ1) is 23.6. The average Bonchev–Trinajstić information content (AvgIpc) is 3.47. The van der Waals surface area contributed by atoms with Gasteiger partial charge < -0.3 is 28.3 Å². The van der Waals surface area contributed by atoms with E-state index in [9.17, 15) is 9.90 Å². The molecule has 0 unspecified atom stereocenters. The number of allylic oxidation sites excluding steroid dienone is 1. The zero-order valence-corrected chi connectivity index (χ0v) is 31.9. The van der Waals surface area contributed by atoms with Gasteiger partial charge in [-0.05, 0) is 92.2 Å². The first-order valence-corrected chi connectivity index (χ1v) is 20.2. The highest BCUT2D eigenvalue weighted by atomic mass is 28.4. The lowest BCUT2D eigenvalue weighted by atomic mass is 9.58. The van der Waals surface area contributed by atoms with Crippen molar-refractivity contribution in [3.8, 4) is 11.6 Å². The Bertz CT molecular complexity index is 1840. The fourth-order valence-electron chi connectivity index (χ4n) is 7.88. The van der Waals surface area contributed by atoms with E-state index in [4.69, 9.17) is 23.2 Å². The number of hydrogen-bond acceptors (Lipinski definition) is 10. The maximum Gasteiger partial charge on any atom is 0.265 e. The lowest BCUT2D eigenvalue weighted by molar-refractivity contribution is -0.0480. The van der Waals surface area contributed by atoms with Gasteiger partial charge in [-0.1, -0.05) is 51.1 Å². The number of aromatic nitrogens is 1. The maximum atomic E-state index is 15.4. The second-order valence-electron chi connectivity index (χ2n) is 15.6. The van der Waals surface area contributed by atoms with Crippen molar-refractivity contribution in [1.29, 1.82) is 0 Å². The summed E-state index contributed by atoms with van der Waals surface area (Å²) >= 11 is 0. The van der Waals surface area contributed by atoms with Crippen LogP contribution in [-0.2, 0) is 28.6 Å². The SMILES string of the molecule is COCCc1cc(OC)c2c(c1C)C(=O)C1=C(O)[C@]3(O[Si](C)(C)C(C)(C)C)C(=O)c4c(OCc5ccccc5)noc4[C@@H](N(C)C)[C@@H]3C[C@@H]1C2. The van der Waals surface area contributed by atoms with Crippen molar-refractivity contribution in [3.05, 3.63) is 86.9 Å². The second-order valence-corrected chi connectivity index (χ2v) is 20.4. The number of Topliss-reactive ketones (excluding diaryl/α,β-unsaturated/α-hetero) is 2. The summed E-state index contributed by atoms with van der Waals surface area (Å²) in [5.74, 6) is -1.03. The molecule has 268 valence electrons. The van der Waals surface area contributed by atoms with Gasteiger partial charge in [-0.15, -0.1) is 0 Å². The molecule has 0 bridgehead atoms. The Morgan fingerprint density at radius 2 is 1.80 bits per heavy atom. The molecule has 4 atom stereocenters. The highest BCUT2D eigenvalue weighted by Crippen LogP contribution is 2.60. The molecular weight excluding hydrogens is 653 g/mol. The van der Waals surface area contributed by atoms with Crippen molar-refractivity contribution >= 4 is 19.9 Å². The summed E-state index contributed by atoms with van der Waals surface area (Å²) < 4.78 is 30.6. The third kappa shape index (κ3) is 5.62. The van der Waals surface area contributed by atoms with Crippen molar-refractivity contribution in [2.45, 2.75) is 83.3 Å². The number of ether oxygens (including phenoxy) is 3. The van der Waals surface area contributed by atoms with Gasteiger partial charge in [-0.2, -0.15) is 0 Å². The molecule has 0 radical (unpaired) electrons. The summed E-state index contributed by atoms with van der Waals surface area (Å²) in [6.07, 6.45) is 1.45. The van der Waals surface area contributed by atoms with Gasteiger partial charge in [0.1, 0.15) is 23.7 Å². The van der Waals surface area contributed by atoms with Gasteiger partial charge in [-0.25, -0.2) is 0 Å². The molecule has 1 heterocycles. The third-order valence-corrected chi connectivity index (χ3v) is 15.9. The lowest BCUT2D eigenvalue weighted by Gasteiger charge is -2.55. The van der Waals surface area contributed by atoms with Crippen molar-refractivity contribution in [3.63, 3.8) is 0 Å². The molecule has 1 aromatic heterocycles. The molecule has 0 spiro atoms. The standard InChI is InChI=1S/C39H50N2O8Si/c1-22-24(16-17-45-7)20-28(46-8)26-18-25-19-27-32(41(5)6)34-31(37(40-48-34)47-21-23-14-12-11-13-15-23)36(44)39(27,49-50(9,10)38(2,3)4)35(43)30(25)33(42)29(22)26/h11-15,20,25,27,32,43H,16-19,21H2,1-10H3/t25-,27-,32-,39-/m0/s1. The van der Waals surface area contributed by atoms with Crippen LogP contribution in [0.4, 0.5) is 0 Å². The number of carbonyl (C=O) groups excluding carboxylic acids is 2. The number of rotatable bonds is 10. The van der Waals surface area contributed by atoms with Gasteiger partial charge >= 0.3 is 0 Å². The van der Waals surface area contributed by atoms with Crippen molar-refractivity contribution < 1.29 is 37.9 Å². The normalized spacial score (nSPS) is 23.4. The van der Waals surface area contributed by atoms with Crippen LogP contribution >= 0.6 is 0 Å². The molecule has 0 amide bonds. The molecule has 11 heteroatoms. The maximum absolute atomic E-state index is 15.4. The van der Waals surface area contributed by atoms with E-state index in [1.807, 2.05) is 62.3 Å². The number of benzene rings is 2. The predicted molar refractivity (Wildman–Crippen MR) is 192 cm³/mol. The Morgan fingerprint density at radius 1 is 1.10 bits per heavy atom. The number of methoxy groups -OCH3 is 2.